The van der Waals surface area contributed by atoms with E-state index in [4.69, 9.17) is 16.2 Å². The van der Waals surface area contributed by atoms with Crippen LogP contribution in [-0.4, -0.2) is 17.3 Å². The van der Waals surface area contributed by atoms with Crippen LogP contribution in [0.4, 0.5) is 0 Å². The van der Waals surface area contributed by atoms with Crippen LogP contribution in [0.2, 0.25) is 0 Å². The molecule has 3 aromatic rings. The highest BCUT2D eigenvalue weighted by molar-refractivity contribution is 9.10. The summed E-state index contributed by atoms with van der Waals surface area (Å²) in [5.41, 5.74) is 12.1. The number of rotatable bonds is 4. The molecule has 6 N–H and O–H groups in total. The summed E-state index contributed by atoms with van der Waals surface area (Å²) in [6.45, 7) is 0.327. The van der Waals surface area contributed by atoms with Crippen molar-refractivity contribution in [1.29, 1.82) is 0 Å². The molecule has 0 heterocycles. The van der Waals surface area contributed by atoms with Crippen molar-refractivity contribution in [1.82, 2.24) is 0 Å². The van der Waals surface area contributed by atoms with Crippen molar-refractivity contribution in [3.63, 3.8) is 0 Å². The van der Waals surface area contributed by atoms with Gasteiger partial charge in [0.2, 0.25) is 0 Å². The number of carbonyl (C=O) groups is 1. The van der Waals surface area contributed by atoms with Crippen molar-refractivity contribution in [2.45, 2.75) is 6.61 Å². The van der Waals surface area contributed by atoms with Crippen LogP contribution in [0.5, 0.6) is 5.75 Å². The first kappa shape index (κ1) is 22.4. The highest BCUT2D eigenvalue weighted by Crippen LogP contribution is 2.29. The number of benzene rings is 3. The number of nitrogens with two attached hydrogens (primary N) is 2. The Morgan fingerprint density at radius 2 is 1.67 bits per heavy atom. The number of halogens is 2. The van der Waals surface area contributed by atoms with Gasteiger partial charge in [0, 0.05) is 4.47 Å². The molecule has 0 unspecified atom stereocenters. The molecule has 6 nitrogen and oxygen atoms in total. The van der Waals surface area contributed by atoms with Crippen LogP contribution >= 0.6 is 28.3 Å². The van der Waals surface area contributed by atoms with Crippen LogP contribution in [0.25, 0.3) is 10.8 Å². The van der Waals surface area contributed by atoms with Crippen molar-refractivity contribution in [3.8, 4) is 5.75 Å². The topological polar surface area (TPSA) is 122 Å². The van der Waals surface area contributed by atoms with Crippen LogP contribution in [0.1, 0.15) is 15.9 Å². The summed E-state index contributed by atoms with van der Waals surface area (Å²) < 4.78 is 6.88. The Balaban J connectivity index is 0.00000182. The summed E-state index contributed by atoms with van der Waals surface area (Å²) in [6, 6.07) is 18.9. The fraction of sp³-hybridized carbons (Fsp3) is 0.0526. The lowest BCUT2D eigenvalue weighted by Gasteiger charge is -2.12. The molecule has 0 aliphatic rings. The van der Waals surface area contributed by atoms with Crippen molar-refractivity contribution >= 4 is 51.0 Å². The molecule has 0 saturated carbocycles. The average molecular weight is 453 g/mol. The minimum atomic E-state index is -0.525. The molecule has 0 fully saturated rings. The molecule has 1 amide bonds. The number of carbonyl (C=O) groups excluding carboxylic acids is 1. The predicted molar refractivity (Wildman–Crippen MR) is 113 cm³/mol. The third kappa shape index (κ3) is 5.43. The fourth-order valence-electron chi connectivity index (χ4n) is 2.51. The molecular weight excluding hydrogens is 434 g/mol. The van der Waals surface area contributed by atoms with E-state index in [1.807, 2.05) is 54.6 Å². The summed E-state index contributed by atoms with van der Waals surface area (Å²) >= 11 is 3.40. The van der Waals surface area contributed by atoms with Gasteiger partial charge in [0.15, 0.2) is 5.96 Å². The number of hydrogen-bond donors (Lipinski definition) is 2. The highest BCUT2D eigenvalue weighted by Gasteiger charge is 2.16. The smallest absolute Gasteiger partial charge is 0.284 e. The Morgan fingerprint density at radius 3 is 2.33 bits per heavy atom. The van der Waals surface area contributed by atoms with E-state index in [1.54, 1.807) is 6.07 Å². The van der Waals surface area contributed by atoms with Gasteiger partial charge < -0.3 is 21.7 Å². The van der Waals surface area contributed by atoms with Gasteiger partial charge >= 0.3 is 0 Å². The SMILES string of the molecule is Cl.NC(N)=NC(=O)c1c(OCc2ccc(Br)cc2)ccc2ccccc12.O. The van der Waals surface area contributed by atoms with E-state index in [2.05, 4.69) is 20.9 Å². The summed E-state index contributed by atoms with van der Waals surface area (Å²) in [4.78, 5) is 16.2. The molecular formula is C19H19BrClN3O3. The van der Waals surface area contributed by atoms with Gasteiger partial charge in [-0.15, -0.1) is 12.4 Å². The van der Waals surface area contributed by atoms with Gasteiger partial charge in [-0.2, -0.15) is 4.99 Å². The maximum Gasteiger partial charge on any atom is 0.284 e. The van der Waals surface area contributed by atoms with Crippen LogP contribution < -0.4 is 16.2 Å². The summed E-state index contributed by atoms with van der Waals surface area (Å²) in [5.74, 6) is -0.365. The first-order chi connectivity index (χ1) is 12.0. The number of amides is 1. The molecule has 142 valence electrons. The zero-order chi connectivity index (χ0) is 17.8. The summed E-state index contributed by atoms with van der Waals surface area (Å²) in [6.07, 6.45) is 0. The molecule has 0 saturated heterocycles. The Kier molecular flexibility index (Phi) is 8.24. The Morgan fingerprint density at radius 1 is 1.00 bits per heavy atom. The fourth-order valence-corrected chi connectivity index (χ4v) is 2.77. The van der Waals surface area contributed by atoms with E-state index in [-0.39, 0.29) is 23.8 Å². The predicted octanol–water partition coefficient (Wildman–Crippen LogP) is 3.19. The lowest BCUT2D eigenvalue weighted by atomic mass is 10.0. The van der Waals surface area contributed by atoms with E-state index >= 15 is 0 Å². The number of guanidine groups is 1. The second kappa shape index (κ2) is 9.91. The van der Waals surface area contributed by atoms with Gasteiger partial charge in [-0.05, 0) is 34.5 Å². The zero-order valence-corrected chi connectivity index (χ0v) is 16.6. The summed E-state index contributed by atoms with van der Waals surface area (Å²) in [5, 5.41) is 1.65. The number of aliphatic imine (C=N–C) groups is 1. The minimum Gasteiger partial charge on any atom is -0.488 e. The first-order valence-corrected chi connectivity index (χ1v) is 8.37. The van der Waals surface area contributed by atoms with E-state index in [0.29, 0.717) is 17.9 Å². The Bertz CT molecular complexity index is 958. The van der Waals surface area contributed by atoms with Gasteiger partial charge in [-0.3, -0.25) is 4.79 Å². The van der Waals surface area contributed by atoms with Crippen molar-refractivity contribution in [2.24, 2.45) is 16.5 Å². The number of fused-ring (bicyclic) bond motifs is 1. The largest absolute Gasteiger partial charge is 0.488 e. The normalized spacial score (nSPS) is 9.67. The van der Waals surface area contributed by atoms with E-state index in [1.165, 1.54) is 0 Å². The lowest BCUT2D eigenvalue weighted by Crippen LogP contribution is -2.24. The molecule has 0 aromatic heterocycles. The maximum absolute atomic E-state index is 12.5. The van der Waals surface area contributed by atoms with Crippen LogP contribution in [0, 0.1) is 0 Å². The number of nitrogens with zero attached hydrogens (tertiary/aromatic N) is 1. The maximum atomic E-state index is 12.5. The molecule has 8 heteroatoms. The first-order valence-electron chi connectivity index (χ1n) is 7.57. The van der Waals surface area contributed by atoms with Crippen molar-refractivity contribution < 1.29 is 15.0 Å². The zero-order valence-electron chi connectivity index (χ0n) is 14.2. The lowest BCUT2D eigenvalue weighted by molar-refractivity contribution is 0.1000. The molecule has 0 spiro atoms. The van der Waals surface area contributed by atoms with Gasteiger partial charge in [0.25, 0.3) is 5.91 Å². The average Bonchev–Trinajstić information content (AvgIpc) is 2.60. The van der Waals surface area contributed by atoms with Gasteiger partial charge in [-0.1, -0.05) is 58.4 Å². The molecule has 0 atom stereocenters. The van der Waals surface area contributed by atoms with E-state index in [0.717, 1.165) is 20.8 Å². The Hall–Kier alpha value is -2.61. The molecule has 3 aromatic carbocycles. The van der Waals surface area contributed by atoms with E-state index in [9.17, 15) is 4.79 Å². The number of ether oxygens (including phenoxy) is 1. The second-order valence-electron chi connectivity index (χ2n) is 5.42. The highest BCUT2D eigenvalue weighted by atomic mass is 79.9. The van der Waals surface area contributed by atoms with Gasteiger partial charge in [0.05, 0.1) is 5.56 Å². The third-order valence-electron chi connectivity index (χ3n) is 3.64. The van der Waals surface area contributed by atoms with Gasteiger partial charge in [-0.25, -0.2) is 0 Å². The van der Waals surface area contributed by atoms with Crippen molar-refractivity contribution in [2.75, 3.05) is 0 Å². The molecule has 0 radical (unpaired) electrons. The number of hydrogen-bond acceptors (Lipinski definition) is 2. The quantitative estimate of drug-likeness (QED) is 0.466. The molecule has 27 heavy (non-hydrogen) atoms. The Labute approximate surface area is 171 Å². The van der Waals surface area contributed by atoms with Crippen LogP contribution in [0.15, 0.2) is 70.1 Å². The minimum absolute atomic E-state index is 0. The third-order valence-corrected chi connectivity index (χ3v) is 4.17. The molecule has 0 bridgehead atoms. The molecule has 0 aliphatic carbocycles. The van der Waals surface area contributed by atoms with Crippen molar-refractivity contribution in [3.05, 3.63) is 76.3 Å². The van der Waals surface area contributed by atoms with Gasteiger partial charge in [0.1, 0.15) is 12.4 Å². The monoisotopic (exact) mass is 451 g/mol. The summed E-state index contributed by atoms with van der Waals surface area (Å²) in [7, 11) is 0. The standard InChI is InChI=1S/C19H16BrN3O2.ClH.H2O/c20-14-8-5-12(6-9-14)11-25-16-10-7-13-3-1-2-4-15(13)17(16)18(24)23-19(21)22;;/h1-10H,11H2,(H4,21,22,23,24);1H;1H2. The van der Waals surface area contributed by atoms with Crippen LogP contribution in [-0.2, 0) is 6.61 Å². The second-order valence-corrected chi connectivity index (χ2v) is 6.33. The van der Waals surface area contributed by atoms with Crippen LogP contribution in [0.3, 0.4) is 0 Å². The van der Waals surface area contributed by atoms with E-state index < -0.39 is 5.91 Å². The molecule has 3 rings (SSSR count). The molecule has 0 aliphatic heterocycles.